The fourth-order valence-electron chi connectivity index (χ4n) is 2.15. The van der Waals surface area contributed by atoms with E-state index in [4.69, 9.17) is 0 Å². The number of hydrogen-bond acceptors (Lipinski definition) is 5. The maximum absolute atomic E-state index is 12.1. The summed E-state index contributed by atoms with van der Waals surface area (Å²) in [5.41, 5.74) is 3.03. The summed E-state index contributed by atoms with van der Waals surface area (Å²) in [6.45, 7) is 3.98. The van der Waals surface area contributed by atoms with Crippen molar-refractivity contribution in [1.29, 1.82) is 0 Å². The van der Waals surface area contributed by atoms with Crippen molar-refractivity contribution in [3.8, 4) is 0 Å². The molecular weight excluding hydrogens is 286 g/mol. The van der Waals surface area contributed by atoms with Crippen LogP contribution in [0.4, 0.5) is 5.69 Å². The van der Waals surface area contributed by atoms with Gasteiger partial charge in [-0.3, -0.25) is 4.79 Å². The maximum Gasteiger partial charge on any atom is 0.234 e. The number of benzene rings is 1. The van der Waals surface area contributed by atoms with Gasteiger partial charge in [0.1, 0.15) is 0 Å². The largest absolute Gasteiger partial charge is 0.325 e. The number of hydrogen-bond donors (Lipinski definition) is 1. The Kier molecular flexibility index (Phi) is 3.92. The van der Waals surface area contributed by atoms with Gasteiger partial charge < -0.3 is 5.32 Å². The van der Waals surface area contributed by atoms with Crippen molar-refractivity contribution in [3.05, 3.63) is 29.3 Å². The fourth-order valence-corrected chi connectivity index (χ4v) is 2.89. The molecule has 0 saturated heterocycles. The van der Waals surface area contributed by atoms with Crippen LogP contribution in [0.3, 0.4) is 0 Å². The summed E-state index contributed by atoms with van der Waals surface area (Å²) >= 11 is 1.38. The lowest BCUT2D eigenvalue weighted by Gasteiger charge is -2.11. The molecule has 0 radical (unpaired) electrons. The van der Waals surface area contributed by atoms with Crippen molar-refractivity contribution in [2.24, 2.45) is 0 Å². The summed E-state index contributed by atoms with van der Waals surface area (Å²) in [6.07, 6.45) is 2.24. The standard InChI is InChI=1S/C14H17N5OS/c1-9-4-3-5-10(2)13(9)15-12(20)8-21-14-16-17-18-19(14)11-6-7-11/h3-5,11H,6-8H2,1-2H3,(H,15,20). The molecule has 1 amide bonds. The molecule has 3 rings (SSSR count). The van der Waals surface area contributed by atoms with Crippen molar-refractivity contribution in [2.45, 2.75) is 37.9 Å². The van der Waals surface area contributed by atoms with E-state index in [1.807, 2.05) is 36.7 Å². The van der Waals surface area contributed by atoms with Crippen LogP contribution >= 0.6 is 11.8 Å². The first-order valence-corrected chi connectivity index (χ1v) is 7.90. The molecule has 0 atom stereocenters. The molecule has 1 aliphatic rings. The van der Waals surface area contributed by atoms with E-state index in [-0.39, 0.29) is 5.91 Å². The Labute approximate surface area is 127 Å². The highest BCUT2D eigenvalue weighted by Crippen LogP contribution is 2.36. The van der Waals surface area contributed by atoms with E-state index in [9.17, 15) is 4.79 Å². The van der Waals surface area contributed by atoms with Crippen molar-refractivity contribution in [3.63, 3.8) is 0 Å². The van der Waals surface area contributed by atoms with Gasteiger partial charge in [0.25, 0.3) is 0 Å². The predicted octanol–water partition coefficient (Wildman–Crippen LogP) is 2.36. The second-order valence-corrected chi connectivity index (χ2v) is 6.18. The SMILES string of the molecule is Cc1cccc(C)c1NC(=O)CSc1nnnn1C1CC1. The van der Waals surface area contributed by atoms with E-state index < -0.39 is 0 Å². The van der Waals surface area contributed by atoms with Crippen LogP contribution in [0.5, 0.6) is 0 Å². The van der Waals surface area contributed by atoms with E-state index in [0.717, 1.165) is 29.7 Å². The number of anilines is 1. The van der Waals surface area contributed by atoms with E-state index in [2.05, 4.69) is 20.8 Å². The van der Waals surface area contributed by atoms with Gasteiger partial charge in [0.2, 0.25) is 11.1 Å². The molecule has 0 unspecified atom stereocenters. The van der Waals surface area contributed by atoms with Gasteiger partial charge in [-0.05, 0) is 48.2 Å². The average molecular weight is 303 g/mol. The van der Waals surface area contributed by atoms with E-state index in [1.54, 1.807) is 0 Å². The molecule has 0 bridgehead atoms. The zero-order valence-corrected chi connectivity index (χ0v) is 12.9. The van der Waals surface area contributed by atoms with Gasteiger partial charge in [-0.15, -0.1) is 5.10 Å². The van der Waals surface area contributed by atoms with Crippen LogP contribution < -0.4 is 5.32 Å². The lowest BCUT2D eigenvalue weighted by molar-refractivity contribution is -0.113. The lowest BCUT2D eigenvalue weighted by atomic mass is 10.1. The van der Waals surface area contributed by atoms with Crippen LogP contribution in [-0.2, 0) is 4.79 Å². The van der Waals surface area contributed by atoms with E-state index in [0.29, 0.717) is 17.0 Å². The Morgan fingerprint density at radius 1 is 1.38 bits per heavy atom. The second kappa shape index (κ2) is 5.85. The highest BCUT2D eigenvalue weighted by atomic mass is 32.2. The molecule has 1 aromatic carbocycles. The van der Waals surface area contributed by atoms with Crippen LogP contribution in [0.2, 0.25) is 0 Å². The number of tetrazole rings is 1. The second-order valence-electron chi connectivity index (χ2n) is 5.24. The number of nitrogens with one attached hydrogen (secondary N) is 1. The number of aryl methyl sites for hydroxylation is 2. The molecule has 1 saturated carbocycles. The normalized spacial score (nSPS) is 14.2. The molecule has 6 nitrogen and oxygen atoms in total. The van der Waals surface area contributed by atoms with Gasteiger partial charge >= 0.3 is 0 Å². The van der Waals surface area contributed by atoms with Gasteiger partial charge in [-0.25, -0.2) is 4.68 Å². The van der Waals surface area contributed by atoms with Gasteiger partial charge in [0, 0.05) is 5.69 Å². The number of nitrogens with zero attached hydrogens (tertiary/aromatic N) is 4. The number of amides is 1. The van der Waals surface area contributed by atoms with Gasteiger partial charge in [0.15, 0.2) is 0 Å². The highest BCUT2D eigenvalue weighted by Gasteiger charge is 2.28. The Morgan fingerprint density at radius 2 is 2.10 bits per heavy atom. The molecular formula is C14H17N5OS. The zero-order chi connectivity index (χ0) is 14.8. The van der Waals surface area contributed by atoms with Crippen molar-refractivity contribution in [1.82, 2.24) is 20.2 Å². The number of rotatable bonds is 5. The van der Waals surface area contributed by atoms with Crippen LogP contribution in [0, 0.1) is 13.8 Å². The van der Waals surface area contributed by atoms with Crippen LogP contribution in [0.15, 0.2) is 23.4 Å². The number of carbonyl (C=O) groups is 1. The third-order valence-electron chi connectivity index (χ3n) is 3.43. The Hall–Kier alpha value is -1.89. The molecule has 7 heteroatoms. The molecule has 1 aliphatic carbocycles. The molecule has 0 spiro atoms. The van der Waals surface area contributed by atoms with Gasteiger partial charge in [-0.1, -0.05) is 30.0 Å². The predicted molar refractivity (Wildman–Crippen MR) is 81.4 cm³/mol. The fraction of sp³-hybridized carbons (Fsp3) is 0.429. The Morgan fingerprint density at radius 3 is 2.76 bits per heavy atom. The van der Waals surface area contributed by atoms with Crippen LogP contribution in [0.1, 0.15) is 30.0 Å². The number of thioether (sulfide) groups is 1. The Balaban J connectivity index is 1.60. The van der Waals surface area contributed by atoms with Crippen LogP contribution in [-0.4, -0.2) is 31.9 Å². The first-order valence-electron chi connectivity index (χ1n) is 6.92. The van der Waals surface area contributed by atoms with E-state index in [1.165, 1.54) is 11.8 Å². The minimum atomic E-state index is -0.0391. The summed E-state index contributed by atoms with van der Waals surface area (Å²) in [5, 5.41) is 15.3. The van der Waals surface area contributed by atoms with Gasteiger partial charge in [-0.2, -0.15) is 0 Å². The molecule has 1 fully saturated rings. The summed E-state index contributed by atoms with van der Waals surface area (Å²) in [7, 11) is 0. The number of carbonyl (C=O) groups excluding carboxylic acids is 1. The van der Waals surface area contributed by atoms with Crippen LogP contribution in [0.25, 0.3) is 0 Å². The van der Waals surface area contributed by atoms with Crippen molar-refractivity contribution >= 4 is 23.4 Å². The summed E-state index contributed by atoms with van der Waals surface area (Å²) < 4.78 is 1.82. The minimum Gasteiger partial charge on any atom is -0.325 e. The maximum atomic E-state index is 12.1. The molecule has 110 valence electrons. The molecule has 2 aromatic rings. The lowest BCUT2D eigenvalue weighted by Crippen LogP contribution is -2.16. The quantitative estimate of drug-likeness (QED) is 0.858. The van der Waals surface area contributed by atoms with Gasteiger partial charge in [0.05, 0.1) is 11.8 Å². The first kappa shape index (κ1) is 14.1. The zero-order valence-electron chi connectivity index (χ0n) is 12.0. The smallest absolute Gasteiger partial charge is 0.234 e. The number of aromatic nitrogens is 4. The van der Waals surface area contributed by atoms with E-state index >= 15 is 0 Å². The minimum absolute atomic E-state index is 0.0391. The highest BCUT2D eigenvalue weighted by molar-refractivity contribution is 7.99. The monoisotopic (exact) mass is 303 g/mol. The average Bonchev–Trinajstić information content (AvgIpc) is 3.19. The van der Waals surface area contributed by atoms with Crippen molar-refractivity contribution in [2.75, 3.05) is 11.1 Å². The Bertz CT molecular complexity index is 645. The molecule has 1 aromatic heterocycles. The summed E-state index contributed by atoms with van der Waals surface area (Å²) in [5.74, 6) is 0.267. The van der Waals surface area contributed by atoms with Crippen molar-refractivity contribution < 1.29 is 4.79 Å². The summed E-state index contributed by atoms with van der Waals surface area (Å²) in [4.78, 5) is 12.1. The summed E-state index contributed by atoms with van der Waals surface area (Å²) in [6, 6.07) is 6.38. The first-order chi connectivity index (χ1) is 10.1. The topological polar surface area (TPSA) is 72.7 Å². The molecule has 1 N–H and O–H groups in total. The molecule has 1 heterocycles. The molecule has 21 heavy (non-hydrogen) atoms. The third kappa shape index (κ3) is 3.24. The number of para-hydroxylation sites is 1. The molecule has 0 aliphatic heterocycles. The third-order valence-corrected chi connectivity index (χ3v) is 4.37.